The van der Waals surface area contributed by atoms with Crippen LogP contribution in [-0.4, -0.2) is 12.0 Å². The Bertz CT molecular complexity index is 581. The highest BCUT2D eigenvalue weighted by Crippen LogP contribution is 2.28. The lowest BCUT2D eigenvalue weighted by Crippen LogP contribution is -2.05. The lowest BCUT2D eigenvalue weighted by Gasteiger charge is -2.08. The van der Waals surface area contributed by atoms with E-state index in [9.17, 15) is 0 Å². The zero-order chi connectivity index (χ0) is 13.1. The number of hydrogen-bond acceptors (Lipinski definition) is 3. The van der Waals surface area contributed by atoms with Crippen LogP contribution >= 0.6 is 0 Å². The third-order valence-corrected chi connectivity index (χ3v) is 3.47. The fourth-order valence-electron chi connectivity index (χ4n) is 2.55. The Morgan fingerprint density at radius 1 is 1.16 bits per heavy atom. The quantitative estimate of drug-likeness (QED) is 0.910. The number of hydrogen-bond donors (Lipinski definition) is 1. The fraction of sp³-hybridized carbons (Fsp3) is 0.312. The van der Waals surface area contributed by atoms with Crippen molar-refractivity contribution in [3.8, 4) is 11.6 Å². The molecule has 3 rings (SSSR count). The zero-order valence-corrected chi connectivity index (χ0v) is 11.1. The molecule has 1 heterocycles. The molecule has 19 heavy (non-hydrogen) atoms. The van der Waals surface area contributed by atoms with Gasteiger partial charge in [-0.15, -0.1) is 0 Å². The summed E-state index contributed by atoms with van der Waals surface area (Å²) in [6.07, 6.45) is 5.41. The summed E-state index contributed by atoms with van der Waals surface area (Å²) in [6.45, 7) is 0.822. The number of ether oxygens (including phenoxy) is 1. The van der Waals surface area contributed by atoms with E-state index in [1.807, 2.05) is 25.2 Å². The molecule has 0 unspecified atom stereocenters. The molecular weight excluding hydrogens is 236 g/mol. The maximum absolute atomic E-state index is 5.85. The van der Waals surface area contributed by atoms with Gasteiger partial charge in [0.25, 0.3) is 0 Å². The minimum Gasteiger partial charge on any atom is -0.439 e. The van der Waals surface area contributed by atoms with E-state index in [0.29, 0.717) is 5.88 Å². The second kappa shape index (κ2) is 5.41. The molecule has 3 heteroatoms. The fourth-order valence-corrected chi connectivity index (χ4v) is 2.55. The van der Waals surface area contributed by atoms with E-state index in [0.717, 1.165) is 12.3 Å². The number of rotatable bonds is 4. The molecule has 0 spiro atoms. The van der Waals surface area contributed by atoms with E-state index in [-0.39, 0.29) is 0 Å². The van der Waals surface area contributed by atoms with Crippen LogP contribution in [0.3, 0.4) is 0 Å². The van der Waals surface area contributed by atoms with Crippen molar-refractivity contribution >= 4 is 0 Å². The molecule has 0 saturated carbocycles. The molecule has 0 saturated heterocycles. The first kappa shape index (κ1) is 12.2. The van der Waals surface area contributed by atoms with Crippen molar-refractivity contribution in [3.63, 3.8) is 0 Å². The van der Waals surface area contributed by atoms with Gasteiger partial charge in [-0.25, -0.2) is 4.98 Å². The molecule has 0 fully saturated rings. The van der Waals surface area contributed by atoms with Crippen LogP contribution < -0.4 is 10.1 Å². The lowest BCUT2D eigenvalue weighted by molar-refractivity contribution is 0.461. The second-order valence-electron chi connectivity index (χ2n) is 4.92. The maximum Gasteiger partial charge on any atom is 0.219 e. The van der Waals surface area contributed by atoms with Gasteiger partial charge >= 0.3 is 0 Å². The first-order valence-electron chi connectivity index (χ1n) is 6.74. The maximum atomic E-state index is 5.85. The Balaban J connectivity index is 1.79. The highest BCUT2D eigenvalue weighted by molar-refractivity contribution is 5.40. The van der Waals surface area contributed by atoms with Gasteiger partial charge in [0.05, 0.1) is 0 Å². The summed E-state index contributed by atoms with van der Waals surface area (Å²) in [6, 6.07) is 10.3. The first-order valence-corrected chi connectivity index (χ1v) is 6.74. The third-order valence-electron chi connectivity index (χ3n) is 3.47. The number of benzene rings is 1. The predicted molar refractivity (Wildman–Crippen MR) is 75.5 cm³/mol. The summed E-state index contributed by atoms with van der Waals surface area (Å²) in [4.78, 5) is 4.26. The van der Waals surface area contributed by atoms with Crippen molar-refractivity contribution in [3.05, 3.63) is 53.2 Å². The molecule has 0 atom stereocenters. The monoisotopic (exact) mass is 254 g/mol. The van der Waals surface area contributed by atoms with E-state index < -0.39 is 0 Å². The van der Waals surface area contributed by atoms with E-state index in [2.05, 4.69) is 22.4 Å². The van der Waals surface area contributed by atoms with Gasteiger partial charge in [-0.3, -0.25) is 0 Å². The summed E-state index contributed by atoms with van der Waals surface area (Å²) < 4.78 is 5.85. The predicted octanol–water partition coefficient (Wildman–Crippen LogP) is 3.08. The summed E-state index contributed by atoms with van der Waals surface area (Å²) in [5, 5.41) is 3.13. The number of pyridine rings is 1. The van der Waals surface area contributed by atoms with Gasteiger partial charge in [0.1, 0.15) is 5.75 Å². The van der Waals surface area contributed by atoms with Crippen LogP contribution in [0.5, 0.6) is 11.6 Å². The number of aromatic nitrogens is 1. The molecular formula is C16H18N2O. The average molecular weight is 254 g/mol. The molecule has 0 radical (unpaired) electrons. The van der Waals surface area contributed by atoms with Gasteiger partial charge in [-0.1, -0.05) is 6.07 Å². The van der Waals surface area contributed by atoms with E-state index in [4.69, 9.17) is 4.74 Å². The van der Waals surface area contributed by atoms with E-state index >= 15 is 0 Å². The summed E-state index contributed by atoms with van der Waals surface area (Å²) in [5.41, 5.74) is 4.06. The van der Waals surface area contributed by atoms with Crippen molar-refractivity contribution < 1.29 is 4.74 Å². The van der Waals surface area contributed by atoms with Crippen molar-refractivity contribution in [2.75, 3.05) is 7.05 Å². The number of aryl methyl sites for hydroxylation is 2. The average Bonchev–Trinajstić information content (AvgIpc) is 2.87. The number of nitrogens with zero attached hydrogens (tertiary/aromatic N) is 1. The van der Waals surface area contributed by atoms with Gasteiger partial charge in [-0.05, 0) is 61.2 Å². The van der Waals surface area contributed by atoms with Crippen molar-refractivity contribution in [2.45, 2.75) is 25.8 Å². The highest BCUT2D eigenvalue weighted by atomic mass is 16.5. The molecule has 0 amide bonds. The first-order chi connectivity index (χ1) is 9.35. The topological polar surface area (TPSA) is 34.2 Å². The van der Waals surface area contributed by atoms with Crippen molar-refractivity contribution in [1.29, 1.82) is 0 Å². The van der Waals surface area contributed by atoms with E-state index in [1.54, 1.807) is 6.20 Å². The molecule has 98 valence electrons. The Kier molecular flexibility index (Phi) is 3.47. The molecule has 2 aromatic rings. The minimum absolute atomic E-state index is 0.658. The molecule has 0 aliphatic heterocycles. The van der Waals surface area contributed by atoms with Crippen LogP contribution in [-0.2, 0) is 19.4 Å². The normalized spacial score (nSPS) is 13.3. The standard InChI is InChI=1S/C16H18N2O/c1-17-11-12-7-8-18-16(9-12)19-15-6-5-13-3-2-4-14(13)10-15/h5-10,17H,2-4,11H2,1H3. The summed E-state index contributed by atoms with van der Waals surface area (Å²) >= 11 is 0. The molecule has 1 aliphatic rings. The van der Waals surface area contributed by atoms with Gasteiger partial charge in [0, 0.05) is 18.8 Å². The van der Waals surface area contributed by atoms with Gasteiger partial charge in [0.15, 0.2) is 0 Å². The smallest absolute Gasteiger partial charge is 0.219 e. The van der Waals surface area contributed by atoms with Crippen LogP contribution in [0, 0.1) is 0 Å². The van der Waals surface area contributed by atoms with Crippen LogP contribution in [0.1, 0.15) is 23.1 Å². The SMILES string of the molecule is CNCc1ccnc(Oc2ccc3c(c2)CCC3)c1. The Morgan fingerprint density at radius 3 is 2.95 bits per heavy atom. The second-order valence-corrected chi connectivity index (χ2v) is 4.92. The van der Waals surface area contributed by atoms with Crippen LogP contribution in [0.25, 0.3) is 0 Å². The highest BCUT2D eigenvalue weighted by Gasteiger charge is 2.11. The Hall–Kier alpha value is -1.87. The molecule has 1 N–H and O–H groups in total. The lowest BCUT2D eigenvalue weighted by atomic mass is 10.1. The van der Waals surface area contributed by atoms with Gasteiger partial charge in [0.2, 0.25) is 5.88 Å². The zero-order valence-electron chi connectivity index (χ0n) is 11.1. The Morgan fingerprint density at radius 2 is 2.05 bits per heavy atom. The van der Waals surface area contributed by atoms with Crippen molar-refractivity contribution in [2.24, 2.45) is 0 Å². The van der Waals surface area contributed by atoms with Gasteiger partial charge in [-0.2, -0.15) is 0 Å². The van der Waals surface area contributed by atoms with Crippen LogP contribution in [0.2, 0.25) is 0 Å². The molecule has 1 aromatic heterocycles. The molecule has 1 aromatic carbocycles. The summed E-state index contributed by atoms with van der Waals surface area (Å²) in [5.74, 6) is 1.54. The van der Waals surface area contributed by atoms with Crippen molar-refractivity contribution in [1.82, 2.24) is 10.3 Å². The largest absolute Gasteiger partial charge is 0.439 e. The number of fused-ring (bicyclic) bond motifs is 1. The summed E-state index contributed by atoms with van der Waals surface area (Å²) in [7, 11) is 1.93. The number of nitrogens with one attached hydrogen (secondary N) is 1. The molecule has 1 aliphatic carbocycles. The molecule has 3 nitrogen and oxygen atoms in total. The molecule has 0 bridgehead atoms. The minimum atomic E-state index is 0.658. The van der Waals surface area contributed by atoms with Crippen LogP contribution in [0.15, 0.2) is 36.5 Å². The van der Waals surface area contributed by atoms with Gasteiger partial charge < -0.3 is 10.1 Å². The Labute approximate surface area is 113 Å². The van der Waals surface area contributed by atoms with E-state index in [1.165, 1.54) is 36.0 Å². The van der Waals surface area contributed by atoms with Crippen LogP contribution in [0.4, 0.5) is 0 Å². The third kappa shape index (κ3) is 2.76.